The van der Waals surface area contributed by atoms with Crippen molar-refractivity contribution in [2.75, 3.05) is 11.3 Å². The van der Waals surface area contributed by atoms with Crippen LogP contribution in [0, 0.1) is 0 Å². The van der Waals surface area contributed by atoms with Crippen molar-refractivity contribution in [2.24, 2.45) is 0 Å². The van der Waals surface area contributed by atoms with Crippen LogP contribution in [0.1, 0.15) is 20.8 Å². The van der Waals surface area contributed by atoms with Crippen LogP contribution in [0.3, 0.4) is 0 Å². The van der Waals surface area contributed by atoms with E-state index in [9.17, 15) is 16.8 Å². The lowest BCUT2D eigenvalue weighted by Crippen LogP contribution is -2.30. The van der Waals surface area contributed by atoms with Gasteiger partial charge in [0.05, 0.1) is 16.4 Å². The van der Waals surface area contributed by atoms with Gasteiger partial charge in [0.25, 0.3) is 10.0 Å². The van der Waals surface area contributed by atoms with Crippen molar-refractivity contribution >= 4 is 25.7 Å². The molecule has 2 aromatic rings. The maximum Gasteiger partial charge on any atom is 0.261 e. The lowest BCUT2D eigenvalue weighted by molar-refractivity contribution is 0.340. The quantitative estimate of drug-likeness (QED) is 0.712. The molecule has 2 aromatic carbocycles. The zero-order valence-electron chi connectivity index (χ0n) is 14.8. The van der Waals surface area contributed by atoms with E-state index in [0.717, 1.165) is 0 Å². The van der Waals surface area contributed by atoms with Crippen LogP contribution in [-0.2, 0) is 20.0 Å². The van der Waals surface area contributed by atoms with E-state index in [0.29, 0.717) is 12.4 Å². The van der Waals surface area contributed by atoms with Crippen molar-refractivity contribution < 1.29 is 21.6 Å². The van der Waals surface area contributed by atoms with Crippen molar-refractivity contribution in [3.05, 3.63) is 48.5 Å². The SMILES string of the molecule is CCOc1ccc(S(=O)(=O)Nc2ccc(S(=O)(=O)NC(C)C)cc2)cc1. The van der Waals surface area contributed by atoms with Crippen molar-refractivity contribution in [1.82, 2.24) is 4.72 Å². The average molecular weight is 399 g/mol. The Morgan fingerprint density at radius 2 is 1.35 bits per heavy atom. The van der Waals surface area contributed by atoms with E-state index in [1.54, 1.807) is 26.0 Å². The van der Waals surface area contributed by atoms with Crippen LogP contribution in [-0.4, -0.2) is 29.5 Å². The molecule has 0 fully saturated rings. The summed E-state index contributed by atoms with van der Waals surface area (Å²) in [4.78, 5) is 0.148. The standard InChI is InChI=1S/C17H22N2O5S2/c1-4-24-15-7-11-17(12-8-15)26(22,23)19-14-5-9-16(10-6-14)25(20,21)18-13(2)3/h5-13,18-19H,4H2,1-3H3. The van der Waals surface area contributed by atoms with E-state index in [1.165, 1.54) is 36.4 Å². The highest BCUT2D eigenvalue weighted by Crippen LogP contribution is 2.20. The molecule has 0 radical (unpaired) electrons. The highest BCUT2D eigenvalue weighted by Gasteiger charge is 2.17. The summed E-state index contributed by atoms with van der Waals surface area (Å²) >= 11 is 0. The molecule has 0 aliphatic heterocycles. The van der Waals surface area contributed by atoms with Gasteiger partial charge in [-0.05, 0) is 69.3 Å². The minimum atomic E-state index is -3.78. The third kappa shape index (κ3) is 5.20. The van der Waals surface area contributed by atoms with Crippen molar-refractivity contribution in [3.8, 4) is 5.75 Å². The molecule has 9 heteroatoms. The molecule has 0 heterocycles. The number of anilines is 1. The van der Waals surface area contributed by atoms with Gasteiger partial charge in [-0.3, -0.25) is 4.72 Å². The number of ether oxygens (including phenoxy) is 1. The van der Waals surface area contributed by atoms with Crippen LogP contribution in [0.2, 0.25) is 0 Å². The summed E-state index contributed by atoms with van der Waals surface area (Å²) in [7, 11) is -7.41. The first-order chi connectivity index (χ1) is 12.1. The van der Waals surface area contributed by atoms with Gasteiger partial charge in [0.2, 0.25) is 10.0 Å². The fourth-order valence-corrected chi connectivity index (χ4v) is 4.49. The predicted molar refractivity (Wildman–Crippen MR) is 100 cm³/mol. The summed E-state index contributed by atoms with van der Waals surface area (Å²) in [6.07, 6.45) is 0. The predicted octanol–water partition coefficient (Wildman–Crippen LogP) is 2.57. The Balaban J connectivity index is 2.17. The molecule has 2 N–H and O–H groups in total. The van der Waals surface area contributed by atoms with E-state index < -0.39 is 20.0 Å². The van der Waals surface area contributed by atoms with Crippen LogP contribution in [0.4, 0.5) is 5.69 Å². The van der Waals surface area contributed by atoms with Crippen LogP contribution in [0.5, 0.6) is 5.75 Å². The molecule has 0 atom stereocenters. The van der Waals surface area contributed by atoms with Crippen LogP contribution in [0.15, 0.2) is 58.3 Å². The Labute approximate surface area is 154 Å². The Morgan fingerprint density at radius 3 is 1.85 bits per heavy atom. The maximum atomic E-state index is 12.4. The van der Waals surface area contributed by atoms with Crippen LogP contribution in [0.25, 0.3) is 0 Å². The van der Waals surface area contributed by atoms with Gasteiger partial charge in [-0.15, -0.1) is 0 Å². The number of sulfonamides is 2. The molecule has 26 heavy (non-hydrogen) atoms. The molecule has 142 valence electrons. The third-order valence-electron chi connectivity index (χ3n) is 3.25. The molecule has 0 aliphatic carbocycles. The Bertz CT molecular complexity index is 936. The molecule has 0 bridgehead atoms. The second kappa shape index (κ2) is 8.07. The zero-order chi connectivity index (χ0) is 19.4. The molecular formula is C17H22N2O5S2. The van der Waals surface area contributed by atoms with Gasteiger partial charge in [-0.1, -0.05) is 0 Å². The fourth-order valence-electron chi connectivity index (χ4n) is 2.18. The minimum absolute atomic E-state index is 0.0650. The molecule has 0 saturated carbocycles. The number of hydrogen-bond acceptors (Lipinski definition) is 5. The molecule has 0 spiro atoms. The first-order valence-corrected chi connectivity index (χ1v) is 11.0. The average Bonchev–Trinajstić information content (AvgIpc) is 2.54. The summed E-state index contributed by atoms with van der Waals surface area (Å²) in [5.74, 6) is 0.582. The van der Waals surface area contributed by atoms with Gasteiger partial charge in [0.1, 0.15) is 5.75 Å². The van der Waals surface area contributed by atoms with E-state index in [4.69, 9.17) is 4.74 Å². The highest BCUT2D eigenvalue weighted by molar-refractivity contribution is 7.92. The zero-order valence-corrected chi connectivity index (χ0v) is 16.4. The molecule has 0 unspecified atom stereocenters. The van der Waals surface area contributed by atoms with Gasteiger partial charge in [0.15, 0.2) is 0 Å². The molecule has 0 saturated heterocycles. The summed E-state index contributed by atoms with van der Waals surface area (Å²) < 4.78 is 59.2. The monoisotopic (exact) mass is 398 g/mol. The Morgan fingerprint density at radius 1 is 0.846 bits per heavy atom. The molecule has 0 amide bonds. The normalized spacial score (nSPS) is 12.2. The lowest BCUT2D eigenvalue weighted by Gasteiger charge is -2.11. The molecule has 7 nitrogen and oxygen atoms in total. The first-order valence-electron chi connectivity index (χ1n) is 8.02. The summed E-state index contributed by atoms with van der Waals surface area (Å²) in [6, 6.07) is 11.3. The first kappa shape index (κ1) is 20.2. The smallest absolute Gasteiger partial charge is 0.261 e. The molecular weight excluding hydrogens is 376 g/mol. The second-order valence-corrected chi connectivity index (χ2v) is 9.21. The van der Waals surface area contributed by atoms with E-state index in [1.807, 2.05) is 6.92 Å². The minimum Gasteiger partial charge on any atom is -0.494 e. The molecule has 2 rings (SSSR count). The van der Waals surface area contributed by atoms with Crippen molar-refractivity contribution in [2.45, 2.75) is 36.6 Å². The molecule has 0 aromatic heterocycles. The summed E-state index contributed by atoms with van der Waals surface area (Å²) in [6.45, 7) is 5.77. The third-order valence-corrected chi connectivity index (χ3v) is 6.32. The maximum absolute atomic E-state index is 12.4. The number of benzene rings is 2. The van der Waals surface area contributed by atoms with Gasteiger partial charge < -0.3 is 4.74 Å². The molecule has 0 aliphatic rings. The fraction of sp³-hybridized carbons (Fsp3) is 0.294. The van der Waals surface area contributed by atoms with Gasteiger partial charge >= 0.3 is 0 Å². The number of rotatable bonds is 8. The van der Waals surface area contributed by atoms with E-state index in [2.05, 4.69) is 9.44 Å². The van der Waals surface area contributed by atoms with Crippen molar-refractivity contribution in [3.63, 3.8) is 0 Å². The topological polar surface area (TPSA) is 102 Å². The van der Waals surface area contributed by atoms with Gasteiger partial charge in [-0.25, -0.2) is 21.6 Å². The van der Waals surface area contributed by atoms with Gasteiger partial charge in [0, 0.05) is 11.7 Å². The second-order valence-electron chi connectivity index (χ2n) is 5.81. The Kier molecular flexibility index (Phi) is 6.27. The Hall–Kier alpha value is -2.10. The summed E-state index contributed by atoms with van der Waals surface area (Å²) in [5.41, 5.74) is 0.266. The van der Waals surface area contributed by atoms with Crippen LogP contribution < -0.4 is 14.2 Å². The van der Waals surface area contributed by atoms with Crippen LogP contribution >= 0.6 is 0 Å². The highest BCUT2D eigenvalue weighted by atomic mass is 32.2. The lowest BCUT2D eigenvalue weighted by atomic mass is 10.3. The largest absolute Gasteiger partial charge is 0.494 e. The number of hydrogen-bond donors (Lipinski definition) is 2. The van der Waals surface area contributed by atoms with E-state index >= 15 is 0 Å². The van der Waals surface area contributed by atoms with Gasteiger partial charge in [-0.2, -0.15) is 0 Å². The summed E-state index contributed by atoms with van der Waals surface area (Å²) in [5, 5.41) is 0. The van der Waals surface area contributed by atoms with Crippen molar-refractivity contribution in [1.29, 1.82) is 0 Å². The van der Waals surface area contributed by atoms with E-state index in [-0.39, 0.29) is 21.5 Å². The number of nitrogens with one attached hydrogen (secondary N) is 2.